The molecule has 80 valence electrons. The summed E-state index contributed by atoms with van der Waals surface area (Å²) in [6.45, 7) is 0. The maximum absolute atomic E-state index is 11.5. The van der Waals surface area contributed by atoms with Crippen LogP contribution in [0.2, 0.25) is 0 Å². The van der Waals surface area contributed by atoms with Gasteiger partial charge >= 0.3 is 6.09 Å². The minimum Gasteiger partial charge on any atom is -0.444 e. The molecule has 1 saturated heterocycles. The highest BCUT2D eigenvalue weighted by Gasteiger charge is 2.40. The van der Waals surface area contributed by atoms with Crippen molar-refractivity contribution in [2.24, 2.45) is 5.92 Å². The van der Waals surface area contributed by atoms with Gasteiger partial charge in [-0.25, -0.2) is 4.79 Å². The first-order valence-corrected chi connectivity index (χ1v) is 5.07. The molecule has 0 aromatic rings. The highest BCUT2D eigenvalue weighted by atomic mass is 16.6. The Morgan fingerprint density at radius 3 is 3.13 bits per heavy atom. The van der Waals surface area contributed by atoms with Crippen LogP contribution in [-0.2, 0) is 9.53 Å². The summed E-state index contributed by atoms with van der Waals surface area (Å²) in [5.74, 6) is -0.106. The average Bonchev–Trinajstić information content (AvgIpc) is 2.57. The number of alkyl carbamates (subject to hydrolysis) is 1. The lowest BCUT2D eigenvalue weighted by molar-refractivity contribution is -0.123. The zero-order chi connectivity index (χ0) is 10.8. The van der Waals surface area contributed by atoms with Gasteiger partial charge in [0.05, 0.1) is 18.5 Å². The number of amides is 1. The normalized spacial score (nSPS) is 33.5. The number of ketones is 1. The van der Waals surface area contributed by atoms with E-state index in [1.807, 2.05) is 6.07 Å². The van der Waals surface area contributed by atoms with Crippen LogP contribution < -0.4 is 5.32 Å². The molecular formula is C10H12N2O3. The molecule has 1 N–H and O–H groups in total. The topological polar surface area (TPSA) is 79.2 Å². The average molecular weight is 208 g/mol. The van der Waals surface area contributed by atoms with Crippen molar-refractivity contribution >= 4 is 11.9 Å². The van der Waals surface area contributed by atoms with E-state index in [0.29, 0.717) is 12.8 Å². The molecule has 2 aliphatic rings. The molecule has 1 amide bonds. The lowest BCUT2D eigenvalue weighted by atomic mass is 9.81. The third-order valence-corrected chi connectivity index (χ3v) is 3.06. The number of carbonyl (C=O) groups is 2. The number of fused-ring (bicyclic) bond motifs is 1. The molecule has 1 saturated carbocycles. The molecule has 1 aliphatic heterocycles. The summed E-state index contributed by atoms with van der Waals surface area (Å²) < 4.78 is 5.03. The quantitative estimate of drug-likeness (QED) is 0.726. The van der Waals surface area contributed by atoms with E-state index in [1.165, 1.54) is 0 Å². The number of nitrogens with zero attached hydrogens (tertiary/aromatic N) is 1. The smallest absolute Gasteiger partial charge is 0.407 e. The Morgan fingerprint density at radius 1 is 1.60 bits per heavy atom. The van der Waals surface area contributed by atoms with E-state index in [1.54, 1.807) is 0 Å². The van der Waals surface area contributed by atoms with Crippen molar-refractivity contribution in [3.05, 3.63) is 0 Å². The minimum atomic E-state index is -0.390. The van der Waals surface area contributed by atoms with Crippen LogP contribution in [0.1, 0.15) is 25.7 Å². The summed E-state index contributed by atoms with van der Waals surface area (Å²) in [6, 6.07) is 1.82. The van der Waals surface area contributed by atoms with Gasteiger partial charge in [-0.2, -0.15) is 5.26 Å². The zero-order valence-corrected chi connectivity index (χ0v) is 8.23. The van der Waals surface area contributed by atoms with Crippen LogP contribution in [0.4, 0.5) is 4.79 Å². The molecular weight excluding hydrogens is 196 g/mol. The predicted molar refractivity (Wildman–Crippen MR) is 49.8 cm³/mol. The van der Waals surface area contributed by atoms with Crippen molar-refractivity contribution < 1.29 is 14.3 Å². The van der Waals surface area contributed by atoms with E-state index < -0.39 is 6.09 Å². The first kappa shape index (κ1) is 9.97. The fourth-order valence-electron chi connectivity index (χ4n) is 2.27. The van der Waals surface area contributed by atoms with Gasteiger partial charge in [0.15, 0.2) is 0 Å². The van der Waals surface area contributed by atoms with Crippen molar-refractivity contribution in [2.75, 3.05) is 0 Å². The van der Waals surface area contributed by atoms with E-state index in [9.17, 15) is 9.59 Å². The molecule has 0 spiro atoms. The number of ether oxygens (including phenoxy) is 1. The van der Waals surface area contributed by atoms with Gasteiger partial charge in [-0.15, -0.1) is 0 Å². The maximum atomic E-state index is 11.5. The Kier molecular flexibility index (Phi) is 2.58. The number of nitrogens with one attached hydrogen (secondary N) is 1. The summed E-state index contributed by atoms with van der Waals surface area (Å²) in [5, 5.41) is 11.1. The second-order valence-electron chi connectivity index (χ2n) is 4.01. The molecule has 0 radical (unpaired) electrons. The van der Waals surface area contributed by atoms with Gasteiger partial charge in [-0.3, -0.25) is 4.79 Å². The molecule has 0 aromatic heterocycles. The Morgan fingerprint density at radius 2 is 2.40 bits per heavy atom. The Balaban J connectivity index is 1.95. The predicted octanol–water partition coefficient (Wildman–Crippen LogP) is 0.746. The lowest BCUT2D eigenvalue weighted by Gasteiger charge is -2.27. The van der Waals surface area contributed by atoms with Crippen molar-refractivity contribution in [1.29, 1.82) is 5.26 Å². The third-order valence-electron chi connectivity index (χ3n) is 3.06. The molecule has 0 aromatic carbocycles. The fourth-order valence-corrected chi connectivity index (χ4v) is 2.27. The second kappa shape index (κ2) is 3.89. The second-order valence-corrected chi connectivity index (χ2v) is 4.01. The Labute approximate surface area is 87.4 Å². The summed E-state index contributed by atoms with van der Waals surface area (Å²) in [7, 11) is 0. The van der Waals surface area contributed by atoms with E-state index >= 15 is 0 Å². The van der Waals surface area contributed by atoms with Gasteiger partial charge in [0.1, 0.15) is 11.9 Å². The van der Waals surface area contributed by atoms with Gasteiger partial charge < -0.3 is 10.1 Å². The maximum Gasteiger partial charge on any atom is 0.407 e. The SMILES string of the molecule is N#CCC(=O)C1CCC2OC(=O)NC2C1. The number of hydrogen-bond acceptors (Lipinski definition) is 4. The van der Waals surface area contributed by atoms with E-state index in [-0.39, 0.29) is 30.3 Å². The van der Waals surface area contributed by atoms with Crippen LogP contribution in [-0.4, -0.2) is 24.0 Å². The van der Waals surface area contributed by atoms with Crippen molar-refractivity contribution in [3.8, 4) is 6.07 Å². The number of Topliss-reactive ketones (excluding diaryl/α,β-unsaturated/α-hetero) is 1. The number of nitriles is 1. The van der Waals surface area contributed by atoms with Gasteiger partial charge in [0.2, 0.25) is 0 Å². The summed E-state index contributed by atoms with van der Waals surface area (Å²) in [4.78, 5) is 22.4. The molecule has 1 heterocycles. The Hall–Kier alpha value is -1.57. The van der Waals surface area contributed by atoms with Crippen LogP contribution in [0.15, 0.2) is 0 Å². The zero-order valence-electron chi connectivity index (χ0n) is 8.23. The fraction of sp³-hybridized carbons (Fsp3) is 0.700. The van der Waals surface area contributed by atoms with Crippen molar-refractivity contribution in [1.82, 2.24) is 5.32 Å². The molecule has 2 rings (SSSR count). The molecule has 0 bridgehead atoms. The lowest BCUT2D eigenvalue weighted by Crippen LogP contribution is -2.39. The summed E-state index contributed by atoms with van der Waals surface area (Å²) in [5.41, 5.74) is 0. The highest BCUT2D eigenvalue weighted by Crippen LogP contribution is 2.30. The standard InChI is InChI=1S/C10H12N2O3/c11-4-3-8(13)6-1-2-9-7(5-6)12-10(14)15-9/h6-7,9H,1-3,5H2,(H,12,14). The Bertz CT molecular complexity index is 334. The van der Waals surface area contributed by atoms with Crippen LogP contribution in [0.3, 0.4) is 0 Å². The largest absolute Gasteiger partial charge is 0.444 e. The minimum absolute atomic E-state index is 0.0166. The van der Waals surface area contributed by atoms with E-state index in [4.69, 9.17) is 10.00 Å². The molecule has 5 heteroatoms. The van der Waals surface area contributed by atoms with Crippen LogP contribution in [0, 0.1) is 17.2 Å². The summed E-state index contributed by atoms with van der Waals surface area (Å²) >= 11 is 0. The first-order valence-electron chi connectivity index (χ1n) is 5.07. The van der Waals surface area contributed by atoms with Crippen LogP contribution in [0.5, 0.6) is 0 Å². The highest BCUT2D eigenvalue weighted by molar-refractivity contribution is 5.83. The number of hydrogen-bond donors (Lipinski definition) is 1. The molecule has 3 atom stereocenters. The van der Waals surface area contributed by atoms with Crippen molar-refractivity contribution in [2.45, 2.75) is 37.8 Å². The van der Waals surface area contributed by atoms with Gasteiger partial charge in [0, 0.05) is 5.92 Å². The number of carbonyl (C=O) groups excluding carboxylic acids is 2. The molecule has 1 aliphatic carbocycles. The van der Waals surface area contributed by atoms with Gasteiger partial charge in [-0.05, 0) is 19.3 Å². The van der Waals surface area contributed by atoms with Crippen molar-refractivity contribution in [3.63, 3.8) is 0 Å². The van der Waals surface area contributed by atoms with E-state index in [0.717, 1.165) is 6.42 Å². The molecule has 2 fully saturated rings. The molecule has 5 nitrogen and oxygen atoms in total. The van der Waals surface area contributed by atoms with Gasteiger partial charge in [0.25, 0.3) is 0 Å². The molecule has 3 unspecified atom stereocenters. The van der Waals surface area contributed by atoms with Crippen LogP contribution in [0.25, 0.3) is 0 Å². The number of rotatable bonds is 2. The monoisotopic (exact) mass is 208 g/mol. The van der Waals surface area contributed by atoms with Gasteiger partial charge in [-0.1, -0.05) is 0 Å². The van der Waals surface area contributed by atoms with Crippen LogP contribution >= 0.6 is 0 Å². The third kappa shape index (κ3) is 1.94. The molecule has 15 heavy (non-hydrogen) atoms. The van der Waals surface area contributed by atoms with E-state index in [2.05, 4.69) is 5.32 Å². The summed E-state index contributed by atoms with van der Waals surface area (Å²) in [6.07, 6.45) is 1.54. The first-order chi connectivity index (χ1) is 7.20.